The van der Waals surface area contributed by atoms with E-state index in [0.29, 0.717) is 52.9 Å². The van der Waals surface area contributed by atoms with Crippen LogP contribution in [0.5, 0.6) is 0 Å². The van der Waals surface area contributed by atoms with E-state index in [-0.39, 0.29) is 11.9 Å². The fourth-order valence-electron chi connectivity index (χ4n) is 4.87. The van der Waals surface area contributed by atoms with Gasteiger partial charge >= 0.3 is 0 Å². The topological polar surface area (TPSA) is 80.3 Å². The number of hydrogen-bond acceptors (Lipinski definition) is 6. The summed E-state index contributed by atoms with van der Waals surface area (Å²) >= 11 is 6.43. The van der Waals surface area contributed by atoms with E-state index in [4.69, 9.17) is 21.1 Å². The Morgan fingerprint density at radius 3 is 2.64 bits per heavy atom. The van der Waals surface area contributed by atoms with Gasteiger partial charge in [-0.25, -0.2) is 4.98 Å². The lowest BCUT2D eigenvalue weighted by atomic mass is 9.97. The molecule has 1 amide bonds. The highest BCUT2D eigenvalue weighted by molar-refractivity contribution is 6.34. The minimum atomic E-state index is -0.0844. The SMILES string of the molecule is CC(C)CN(Cc1nc(-c2ncn3c2[C@@H]2CCN2C(=O)c2c(Cl)cccc2-3)no1)CC(C)C. The van der Waals surface area contributed by atoms with Gasteiger partial charge in [-0.1, -0.05) is 50.5 Å². The second-order valence-corrected chi connectivity index (χ2v) is 10.2. The van der Waals surface area contributed by atoms with Crippen LogP contribution in [0.25, 0.3) is 17.2 Å². The summed E-state index contributed by atoms with van der Waals surface area (Å²) in [7, 11) is 0. The highest BCUT2D eigenvalue weighted by atomic mass is 35.5. The molecule has 1 atom stereocenters. The van der Waals surface area contributed by atoms with Crippen molar-refractivity contribution in [2.75, 3.05) is 19.6 Å². The number of hydrogen-bond donors (Lipinski definition) is 0. The van der Waals surface area contributed by atoms with Crippen LogP contribution in [0.1, 0.15) is 62.1 Å². The Hall–Kier alpha value is -2.71. The monoisotopic (exact) mass is 468 g/mol. The molecule has 0 spiro atoms. The maximum Gasteiger partial charge on any atom is 0.258 e. The molecule has 1 fully saturated rings. The molecule has 5 rings (SSSR count). The maximum absolute atomic E-state index is 13.2. The minimum Gasteiger partial charge on any atom is -0.337 e. The molecule has 4 heterocycles. The van der Waals surface area contributed by atoms with Gasteiger partial charge in [0.15, 0.2) is 0 Å². The molecular formula is C24H29ClN6O2. The molecule has 0 unspecified atom stereocenters. The van der Waals surface area contributed by atoms with Crippen molar-refractivity contribution in [2.45, 2.75) is 46.7 Å². The van der Waals surface area contributed by atoms with Gasteiger partial charge < -0.3 is 9.42 Å². The minimum absolute atomic E-state index is 0.0479. The van der Waals surface area contributed by atoms with Crippen LogP contribution >= 0.6 is 11.6 Å². The standard InChI is InChI=1S/C24H29ClN6O2/c1-14(2)10-29(11-15(3)4)12-19-27-23(28-33-19)21-22-18-8-9-30(18)24(32)20-16(25)6-5-7-17(20)31(22)13-26-21/h5-7,13-15,18H,8-12H2,1-4H3/t18-/m0/s1. The van der Waals surface area contributed by atoms with Crippen molar-refractivity contribution < 1.29 is 9.32 Å². The van der Waals surface area contributed by atoms with Crippen molar-refractivity contribution in [3.05, 3.63) is 46.7 Å². The summed E-state index contributed by atoms with van der Waals surface area (Å²) in [5, 5.41) is 4.71. The Morgan fingerprint density at radius 1 is 1.21 bits per heavy atom. The van der Waals surface area contributed by atoms with Gasteiger partial charge in [0.25, 0.3) is 5.91 Å². The molecule has 174 valence electrons. The second-order valence-electron chi connectivity index (χ2n) is 9.78. The number of carbonyl (C=O) groups excluding carboxylic acids is 1. The summed E-state index contributed by atoms with van der Waals surface area (Å²) < 4.78 is 7.60. The van der Waals surface area contributed by atoms with E-state index in [2.05, 4.69) is 42.7 Å². The summed E-state index contributed by atoms with van der Waals surface area (Å²) in [6, 6.07) is 5.42. The lowest BCUT2D eigenvalue weighted by Gasteiger charge is -2.39. The van der Waals surface area contributed by atoms with E-state index < -0.39 is 0 Å². The number of imidazole rings is 1. The normalized spacial score (nSPS) is 17.3. The number of halogens is 1. The van der Waals surface area contributed by atoms with Gasteiger partial charge in [-0.15, -0.1) is 0 Å². The summed E-state index contributed by atoms with van der Waals surface area (Å²) in [6.45, 7) is 12.1. The number of rotatable bonds is 7. The molecule has 0 radical (unpaired) electrons. The zero-order chi connectivity index (χ0) is 23.3. The van der Waals surface area contributed by atoms with Crippen molar-refractivity contribution in [1.29, 1.82) is 0 Å². The third-order valence-corrected chi connectivity index (χ3v) is 6.47. The molecule has 8 nitrogen and oxygen atoms in total. The van der Waals surface area contributed by atoms with Crippen LogP contribution in [-0.4, -0.2) is 55.0 Å². The highest BCUT2D eigenvalue weighted by Crippen LogP contribution is 2.44. The average molecular weight is 469 g/mol. The first-order valence-corrected chi connectivity index (χ1v) is 11.9. The lowest BCUT2D eigenvalue weighted by molar-refractivity contribution is 0.0461. The quantitative estimate of drug-likeness (QED) is 0.504. The van der Waals surface area contributed by atoms with Crippen LogP contribution in [0.15, 0.2) is 29.0 Å². The van der Waals surface area contributed by atoms with E-state index in [1.807, 2.05) is 21.6 Å². The number of aromatic nitrogens is 4. The molecule has 3 aromatic rings. The van der Waals surface area contributed by atoms with Crippen LogP contribution < -0.4 is 0 Å². The Kier molecular flexibility index (Phi) is 5.74. The van der Waals surface area contributed by atoms with Gasteiger partial charge in [-0.3, -0.25) is 14.3 Å². The predicted molar refractivity (Wildman–Crippen MR) is 125 cm³/mol. The highest BCUT2D eigenvalue weighted by Gasteiger charge is 2.43. The lowest BCUT2D eigenvalue weighted by Crippen LogP contribution is -2.44. The Balaban J connectivity index is 1.50. The molecule has 1 saturated heterocycles. The summed E-state index contributed by atoms with van der Waals surface area (Å²) in [5.74, 6) is 2.07. The van der Waals surface area contributed by atoms with Crippen LogP contribution in [0.4, 0.5) is 0 Å². The van der Waals surface area contributed by atoms with Crippen LogP contribution in [0.2, 0.25) is 5.02 Å². The van der Waals surface area contributed by atoms with Crippen LogP contribution in [-0.2, 0) is 6.54 Å². The number of nitrogens with zero attached hydrogens (tertiary/aromatic N) is 6. The van der Waals surface area contributed by atoms with Crippen LogP contribution in [0, 0.1) is 11.8 Å². The first-order valence-electron chi connectivity index (χ1n) is 11.6. The Bertz CT molecular complexity index is 1170. The number of amides is 1. The summed E-state index contributed by atoms with van der Waals surface area (Å²) in [5.41, 5.74) is 2.81. The first kappa shape index (κ1) is 22.1. The average Bonchev–Trinajstić information content (AvgIpc) is 3.31. The largest absolute Gasteiger partial charge is 0.337 e. The van der Waals surface area contributed by atoms with Crippen molar-refractivity contribution >= 4 is 17.5 Å². The number of benzene rings is 1. The fourth-order valence-corrected chi connectivity index (χ4v) is 5.12. The summed E-state index contributed by atoms with van der Waals surface area (Å²) in [6.07, 6.45) is 2.59. The number of carbonyl (C=O) groups is 1. The van der Waals surface area contributed by atoms with Crippen LogP contribution in [0.3, 0.4) is 0 Å². The Labute approximate surface area is 198 Å². The molecule has 2 aromatic heterocycles. The third-order valence-electron chi connectivity index (χ3n) is 6.15. The maximum atomic E-state index is 13.2. The van der Waals surface area contributed by atoms with Gasteiger partial charge in [-0.05, 0) is 30.4 Å². The molecular weight excluding hydrogens is 440 g/mol. The molecule has 2 aliphatic rings. The number of fused-ring (bicyclic) bond motifs is 5. The molecule has 0 bridgehead atoms. The van der Waals surface area contributed by atoms with E-state index in [9.17, 15) is 4.79 Å². The van der Waals surface area contributed by atoms with Crippen molar-refractivity contribution in [2.24, 2.45) is 11.8 Å². The predicted octanol–water partition coefficient (Wildman–Crippen LogP) is 4.59. The van der Waals surface area contributed by atoms with Crippen molar-refractivity contribution in [3.8, 4) is 17.2 Å². The van der Waals surface area contributed by atoms with Gasteiger partial charge in [0.05, 0.1) is 34.6 Å². The van der Waals surface area contributed by atoms with Gasteiger partial charge in [0.1, 0.15) is 12.0 Å². The van der Waals surface area contributed by atoms with E-state index in [0.717, 1.165) is 30.9 Å². The smallest absolute Gasteiger partial charge is 0.258 e. The third kappa shape index (κ3) is 3.95. The van der Waals surface area contributed by atoms with E-state index in [1.165, 1.54) is 0 Å². The zero-order valence-corrected chi connectivity index (χ0v) is 20.2. The molecule has 0 aliphatic carbocycles. The molecule has 0 N–H and O–H groups in total. The van der Waals surface area contributed by atoms with E-state index >= 15 is 0 Å². The molecule has 0 saturated carbocycles. The second kappa shape index (κ2) is 8.57. The van der Waals surface area contributed by atoms with Crippen molar-refractivity contribution in [1.82, 2.24) is 29.5 Å². The fraction of sp³-hybridized carbons (Fsp3) is 0.500. The molecule has 1 aromatic carbocycles. The molecule has 9 heteroatoms. The van der Waals surface area contributed by atoms with E-state index in [1.54, 1.807) is 12.4 Å². The zero-order valence-electron chi connectivity index (χ0n) is 19.5. The van der Waals surface area contributed by atoms with Crippen molar-refractivity contribution in [3.63, 3.8) is 0 Å². The first-order chi connectivity index (χ1) is 15.8. The van der Waals surface area contributed by atoms with Gasteiger partial charge in [-0.2, -0.15) is 4.98 Å². The van der Waals surface area contributed by atoms with Gasteiger partial charge in [0.2, 0.25) is 11.7 Å². The molecule has 33 heavy (non-hydrogen) atoms. The molecule has 2 aliphatic heterocycles. The summed E-state index contributed by atoms with van der Waals surface area (Å²) in [4.78, 5) is 26.7. The Morgan fingerprint density at radius 2 is 1.97 bits per heavy atom. The van der Waals surface area contributed by atoms with Gasteiger partial charge in [0, 0.05) is 19.6 Å².